The molecule has 0 aromatic heterocycles. The van der Waals surface area contributed by atoms with Crippen LogP contribution in [0.4, 0.5) is 4.79 Å². The van der Waals surface area contributed by atoms with E-state index in [0.29, 0.717) is 11.5 Å². The lowest BCUT2D eigenvalue weighted by Crippen LogP contribution is -2.88. The molecule has 7 heteroatoms. The highest BCUT2D eigenvalue weighted by atomic mass is 16.2. The SMILES string of the molecule is CCc1ccc([C@H]([NH2+]CC(=O)NN2C(=O)N[C@](C)(c3ccccc3)C2=O)C(C)C)cc1. The largest absolute Gasteiger partial charge is 0.344 e. The standard InChI is InChI=1S/C24H30N4O3/c1-5-17-11-13-18(14-12-17)21(16(2)3)25-15-20(29)27-28-22(30)24(4,26-23(28)31)19-9-7-6-8-10-19/h6-14,16,21,25H,5,15H2,1-4H3,(H,26,31)(H,27,29)/p+1/t21-,24-/m1/s1. The predicted octanol–water partition coefficient (Wildman–Crippen LogP) is 2.01. The number of nitrogens with two attached hydrogens (primary N) is 1. The monoisotopic (exact) mass is 423 g/mol. The Bertz CT molecular complexity index is 943. The van der Waals surface area contributed by atoms with E-state index in [4.69, 9.17) is 0 Å². The van der Waals surface area contributed by atoms with E-state index in [1.54, 1.807) is 31.2 Å². The molecular weight excluding hydrogens is 392 g/mol. The highest BCUT2D eigenvalue weighted by molar-refractivity contribution is 6.08. The minimum atomic E-state index is -1.21. The third-order valence-electron chi connectivity index (χ3n) is 5.83. The Kier molecular flexibility index (Phi) is 6.75. The van der Waals surface area contributed by atoms with Crippen LogP contribution in [-0.2, 0) is 21.5 Å². The zero-order valence-corrected chi connectivity index (χ0v) is 18.5. The first-order valence-corrected chi connectivity index (χ1v) is 10.7. The zero-order valence-electron chi connectivity index (χ0n) is 18.5. The fourth-order valence-corrected chi connectivity index (χ4v) is 3.88. The molecule has 1 saturated heterocycles. The summed E-state index contributed by atoms with van der Waals surface area (Å²) in [5.41, 5.74) is 4.33. The van der Waals surface area contributed by atoms with Crippen LogP contribution in [0, 0.1) is 5.92 Å². The number of nitrogens with zero attached hydrogens (tertiary/aromatic N) is 1. The molecule has 2 aromatic rings. The van der Waals surface area contributed by atoms with E-state index in [9.17, 15) is 14.4 Å². The molecule has 0 unspecified atom stereocenters. The van der Waals surface area contributed by atoms with Crippen molar-refractivity contribution in [3.8, 4) is 0 Å². The number of rotatable bonds is 8. The lowest BCUT2D eigenvalue weighted by Gasteiger charge is -2.22. The molecule has 164 valence electrons. The first-order valence-electron chi connectivity index (χ1n) is 10.7. The van der Waals surface area contributed by atoms with E-state index in [1.807, 2.05) is 11.4 Å². The number of benzene rings is 2. The summed E-state index contributed by atoms with van der Waals surface area (Å²) in [4.78, 5) is 37.9. The van der Waals surface area contributed by atoms with Crippen LogP contribution in [0.3, 0.4) is 0 Å². The van der Waals surface area contributed by atoms with Gasteiger partial charge in [0.15, 0.2) is 6.54 Å². The third kappa shape index (κ3) is 4.77. The van der Waals surface area contributed by atoms with Gasteiger partial charge in [-0.2, -0.15) is 5.01 Å². The van der Waals surface area contributed by atoms with Gasteiger partial charge in [-0.25, -0.2) is 4.79 Å². The normalized spacial score (nSPS) is 19.5. The number of urea groups is 1. The van der Waals surface area contributed by atoms with Gasteiger partial charge >= 0.3 is 6.03 Å². The second kappa shape index (κ2) is 9.31. The van der Waals surface area contributed by atoms with Crippen LogP contribution in [0.15, 0.2) is 54.6 Å². The molecular formula is C24H31N4O3+. The maximum Gasteiger partial charge on any atom is 0.344 e. The van der Waals surface area contributed by atoms with Crippen molar-refractivity contribution in [3.05, 3.63) is 71.3 Å². The molecule has 4 amide bonds. The van der Waals surface area contributed by atoms with Crippen molar-refractivity contribution in [1.29, 1.82) is 0 Å². The number of amides is 4. The number of quaternary nitrogens is 1. The van der Waals surface area contributed by atoms with Crippen molar-refractivity contribution in [2.24, 2.45) is 5.92 Å². The summed E-state index contributed by atoms with van der Waals surface area (Å²) in [7, 11) is 0. The minimum Gasteiger partial charge on any atom is -0.332 e. The number of hydrogen-bond acceptors (Lipinski definition) is 3. The van der Waals surface area contributed by atoms with Gasteiger partial charge < -0.3 is 10.6 Å². The van der Waals surface area contributed by atoms with Crippen molar-refractivity contribution in [3.63, 3.8) is 0 Å². The molecule has 2 aromatic carbocycles. The number of imide groups is 1. The van der Waals surface area contributed by atoms with Gasteiger partial charge in [-0.05, 0) is 24.5 Å². The summed E-state index contributed by atoms with van der Waals surface area (Å²) in [5.74, 6) is -0.609. The van der Waals surface area contributed by atoms with Crippen LogP contribution in [0.2, 0.25) is 0 Å². The number of hydrogen-bond donors (Lipinski definition) is 3. The van der Waals surface area contributed by atoms with Gasteiger partial charge in [0.1, 0.15) is 11.6 Å². The average molecular weight is 424 g/mol. The van der Waals surface area contributed by atoms with Crippen LogP contribution < -0.4 is 16.1 Å². The quantitative estimate of drug-likeness (QED) is 0.567. The Hall–Kier alpha value is -3.19. The highest BCUT2D eigenvalue weighted by Crippen LogP contribution is 2.27. The molecule has 0 aliphatic carbocycles. The zero-order chi connectivity index (χ0) is 22.6. The third-order valence-corrected chi connectivity index (χ3v) is 5.83. The van der Waals surface area contributed by atoms with Crippen molar-refractivity contribution in [1.82, 2.24) is 15.8 Å². The number of hydrazine groups is 1. The molecule has 2 atom stereocenters. The lowest BCUT2D eigenvalue weighted by molar-refractivity contribution is -0.692. The molecule has 0 radical (unpaired) electrons. The van der Waals surface area contributed by atoms with E-state index in [0.717, 1.165) is 17.0 Å². The topological polar surface area (TPSA) is 95.1 Å². The lowest BCUT2D eigenvalue weighted by atomic mass is 9.92. The molecule has 1 heterocycles. The van der Waals surface area contributed by atoms with E-state index < -0.39 is 23.4 Å². The van der Waals surface area contributed by atoms with Gasteiger partial charge in [0, 0.05) is 11.5 Å². The van der Waals surface area contributed by atoms with Crippen molar-refractivity contribution in [2.45, 2.75) is 45.7 Å². The Morgan fingerprint density at radius 1 is 1.10 bits per heavy atom. The van der Waals surface area contributed by atoms with Gasteiger partial charge in [0.25, 0.3) is 11.8 Å². The highest BCUT2D eigenvalue weighted by Gasteiger charge is 2.50. The smallest absolute Gasteiger partial charge is 0.332 e. The summed E-state index contributed by atoms with van der Waals surface area (Å²) in [6.45, 7) is 8.06. The van der Waals surface area contributed by atoms with E-state index in [-0.39, 0.29) is 12.6 Å². The Balaban J connectivity index is 1.64. The molecule has 1 fully saturated rings. The summed E-state index contributed by atoms with van der Waals surface area (Å²) in [5, 5.41) is 5.41. The van der Waals surface area contributed by atoms with Gasteiger partial charge in [0.05, 0.1) is 0 Å². The Morgan fingerprint density at radius 3 is 2.32 bits per heavy atom. The number of aryl methyl sites for hydroxylation is 1. The van der Waals surface area contributed by atoms with Crippen molar-refractivity contribution >= 4 is 17.8 Å². The molecule has 0 saturated carbocycles. The Morgan fingerprint density at radius 2 is 1.74 bits per heavy atom. The van der Waals surface area contributed by atoms with Crippen LogP contribution in [0.1, 0.15) is 50.4 Å². The van der Waals surface area contributed by atoms with E-state index in [2.05, 4.69) is 55.8 Å². The summed E-state index contributed by atoms with van der Waals surface area (Å²) >= 11 is 0. The van der Waals surface area contributed by atoms with Gasteiger partial charge in [-0.15, -0.1) is 0 Å². The van der Waals surface area contributed by atoms with E-state index >= 15 is 0 Å². The summed E-state index contributed by atoms with van der Waals surface area (Å²) in [6, 6.07) is 16.8. The minimum absolute atomic E-state index is 0.0920. The Labute approximate surface area is 183 Å². The fraction of sp³-hybridized carbons (Fsp3) is 0.375. The van der Waals surface area contributed by atoms with Gasteiger partial charge in [0.2, 0.25) is 0 Å². The van der Waals surface area contributed by atoms with Crippen LogP contribution in [-0.4, -0.2) is 29.4 Å². The summed E-state index contributed by atoms with van der Waals surface area (Å²) in [6.07, 6.45) is 0.979. The molecule has 7 nitrogen and oxygen atoms in total. The van der Waals surface area contributed by atoms with E-state index in [1.165, 1.54) is 5.56 Å². The van der Waals surface area contributed by atoms with Crippen LogP contribution in [0.25, 0.3) is 0 Å². The number of carbonyl (C=O) groups excluding carboxylic acids is 3. The molecule has 1 aliphatic heterocycles. The first kappa shape index (κ1) is 22.5. The predicted molar refractivity (Wildman–Crippen MR) is 118 cm³/mol. The molecule has 31 heavy (non-hydrogen) atoms. The van der Waals surface area contributed by atoms with Crippen molar-refractivity contribution < 1.29 is 19.7 Å². The van der Waals surface area contributed by atoms with Crippen LogP contribution >= 0.6 is 0 Å². The molecule has 0 spiro atoms. The number of carbonyl (C=O) groups is 3. The van der Waals surface area contributed by atoms with Crippen LogP contribution in [0.5, 0.6) is 0 Å². The second-order valence-electron chi connectivity index (χ2n) is 8.40. The second-order valence-corrected chi connectivity index (χ2v) is 8.40. The number of nitrogens with one attached hydrogen (secondary N) is 2. The molecule has 1 aliphatic rings. The molecule has 0 bridgehead atoms. The molecule has 4 N–H and O–H groups in total. The maximum atomic E-state index is 12.9. The average Bonchev–Trinajstić information content (AvgIpc) is 2.98. The maximum absolute atomic E-state index is 12.9. The van der Waals surface area contributed by atoms with Gasteiger partial charge in [-0.3, -0.25) is 15.0 Å². The first-order chi connectivity index (χ1) is 14.8. The van der Waals surface area contributed by atoms with Crippen molar-refractivity contribution in [2.75, 3.05) is 6.54 Å². The summed E-state index contributed by atoms with van der Waals surface area (Å²) < 4.78 is 0. The van der Waals surface area contributed by atoms with Gasteiger partial charge in [-0.1, -0.05) is 75.4 Å². The molecule has 3 rings (SSSR count). The fourth-order valence-electron chi connectivity index (χ4n) is 3.88.